The van der Waals surface area contributed by atoms with E-state index >= 15 is 0 Å². The number of aromatic nitrogens is 2. The van der Waals surface area contributed by atoms with Crippen LogP contribution in [-0.2, 0) is 4.79 Å². The Hall–Kier alpha value is -2.06. The summed E-state index contributed by atoms with van der Waals surface area (Å²) in [5, 5.41) is 9.00. The number of nitrogens with zero attached hydrogens (tertiary/aromatic N) is 3. The standard InChI is InChI=1S/C13H16F3N3O3/c1-7(2)22-11-3-10(17-6-18-11)19-4-8(12(20)21)9(5-19)13(14,15)16/h3,6-9H,4-5H2,1-2H3,(H,20,21)/t8-,9-/m1/s1. The van der Waals surface area contributed by atoms with E-state index in [4.69, 9.17) is 9.84 Å². The van der Waals surface area contributed by atoms with Crippen LogP contribution in [0.25, 0.3) is 0 Å². The van der Waals surface area contributed by atoms with Gasteiger partial charge in [0, 0.05) is 19.2 Å². The molecule has 1 saturated heterocycles. The van der Waals surface area contributed by atoms with E-state index in [-0.39, 0.29) is 24.3 Å². The molecular weight excluding hydrogens is 303 g/mol. The second-order valence-corrected chi connectivity index (χ2v) is 5.38. The molecule has 1 aromatic heterocycles. The number of anilines is 1. The maximum atomic E-state index is 13.0. The Morgan fingerprint density at radius 3 is 2.59 bits per heavy atom. The Labute approximate surface area is 124 Å². The second-order valence-electron chi connectivity index (χ2n) is 5.38. The molecule has 0 aliphatic carbocycles. The highest BCUT2D eigenvalue weighted by Gasteiger charge is 2.52. The molecule has 0 unspecified atom stereocenters. The fraction of sp³-hybridized carbons (Fsp3) is 0.615. The van der Waals surface area contributed by atoms with Gasteiger partial charge < -0.3 is 14.7 Å². The number of carboxylic acid groups (broad SMARTS) is 1. The summed E-state index contributed by atoms with van der Waals surface area (Å²) in [7, 11) is 0. The van der Waals surface area contributed by atoms with Gasteiger partial charge in [0.25, 0.3) is 0 Å². The maximum absolute atomic E-state index is 13.0. The van der Waals surface area contributed by atoms with E-state index in [9.17, 15) is 18.0 Å². The third-order valence-corrected chi connectivity index (χ3v) is 3.37. The van der Waals surface area contributed by atoms with Gasteiger partial charge in [-0.25, -0.2) is 9.97 Å². The van der Waals surface area contributed by atoms with E-state index in [0.29, 0.717) is 0 Å². The Bertz CT molecular complexity index is 551. The molecule has 0 amide bonds. The van der Waals surface area contributed by atoms with Crippen LogP contribution >= 0.6 is 0 Å². The molecule has 1 aromatic rings. The first-order valence-corrected chi connectivity index (χ1v) is 6.71. The Morgan fingerprint density at radius 2 is 2.09 bits per heavy atom. The number of hydrogen-bond acceptors (Lipinski definition) is 5. The summed E-state index contributed by atoms with van der Waals surface area (Å²) < 4.78 is 44.3. The fourth-order valence-corrected chi connectivity index (χ4v) is 2.38. The van der Waals surface area contributed by atoms with E-state index in [1.807, 2.05) is 0 Å². The molecular formula is C13H16F3N3O3. The number of aliphatic carboxylic acids is 1. The molecule has 1 N–H and O–H groups in total. The van der Waals surface area contributed by atoms with Crippen LogP contribution in [0.3, 0.4) is 0 Å². The molecule has 2 rings (SSSR count). The van der Waals surface area contributed by atoms with E-state index in [2.05, 4.69) is 9.97 Å². The summed E-state index contributed by atoms with van der Waals surface area (Å²) in [4.78, 5) is 20.1. The number of rotatable bonds is 4. The molecule has 9 heteroatoms. The third kappa shape index (κ3) is 3.58. The van der Waals surface area contributed by atoms with Crippen molar-refractivity contribution < 1.29 is 27.8 Å². The molecule has 122 valence electrons. The van der Waals surface area contributed by atoms with Crippen LogP contribution in [-0.4, -0.2) is 46.4 Å². The zero-order valence-electron chi connectivity index (χ0n) is 12.0. The van der Waals surface area contributed by atoms with Crippen LogP contribution in [0.1, 0.15) is 13.8 Å². The fourth-order valence-electron chi connectivity index (χ4n) is 2.38. The van der Waals surface area contributed by atoms with Crippen molar-refractivity contribution >= 4 is 11.8 Å². The minimum Gasteiger partial charge on any atom is -0.481 e. The number of carboxylic acids is 1. The average molecular weight is 319 g/mol. The maximum Gasteiger partial charge on any atom is 0.394 e. The van der Waals surface area contributed by atoms with Gasteiger partial charge in [0.1, 0.15) is 12.1 Å². The van der Waals surface area contributed by atoms with Crippen LogP contribution in [0, 0.1) is 11.8 Å². The Kier molecular flexibility index (Phi) is 4.43. The highest BCUT2D eigenvalue weighted by molar-refractivity contribution is 5.72. The van der Waals surface area contributed by atoms with Crippen molar-refractivity contribution in [2.24, 2.45) is 11.8 Å². The minimum atomic E-state index is -4.57. The quantitative estimate of drug-likeness (QED) is 0.914. The molecule has 0 aromatic carbocycles. The van der Waals surface area contributed by atoms with Crippen molar-refractivity contribution in [1.29, 1.82) is 0 Å². The topological polar surface area (TPSA) is 75.5 Å². The van der Waals surface area contributed by atoms with E-state index < -0.39 is 30.5 Å². The molecule has 1 aliphatic heterocycles. The third-order valence-electron chi connectivity index (χ3n) is 3.37. The molecule has 2 heterocycles. The number of hydrogen-bond donors (Lipinski definition) is 1. The summed E-state index contributed by atoms with van der Waals surface area (Å²) in [6.45, 7) is 2.88. The lowest BCUT2D eigenvalue weighted by Crippen LogP contribution is -2.33. The molecule has 1 aliphatic rings. The number of alkyl halides is 3. The number of ether oxygens (including phenoxy) is 1. The normalized spacial score (nSPS) is 22.2. The van der Waals surface area contributed by atoms with Crippen molar-refractivity contribution in [3.8, 4) is 5.88 Å². The Balaban J connectivity index is 2.22. The predicted molar refractivity (Wildman–Crippen MR) is 70.7 cm³/mol. The van der Waals surface area contributed by atoms with Gasteiger partial charge in [-0.15, -0.1) is 0 Å². The first kappa shape index (κ1) is 16.3. The molecule has 22 heavy (non-hydrogen) atoms. The number of halogens is 3. The minimum absolute atomic E-state index is 0.143. The first-order valence-electron chi connectivity index (χ1n) is 6.71. The summed E-state index contributed by atoms with van der Waals surface area (Å²) in [6.07, 6.45) is -3.53. The van der Waals surface area contributed by atoms with Gasteiger partial charge in [0.15, 0.2) is 0 Å². The van der Waals surface area contributed by atoms with Gasteiger partial charge in [0.05, 0.1) is 17.9 Å². The van der Waals surface area contributed by atoms with Crippen molar-refractivity contribution in [2.45, 2.75) is 26.1 Å². The first-order chi connectivity index (χ1) is 10.2. The van der Waals surface area contributed by atoms with Crippen molar-refractivity contribution in [3.63, 3.8) is 0 Å². The van der Waals surface area contributed by atoms with Crippen LogP contribution in [0.2, 0.25) is 0 Å². The predicted octanol–water partition coefficient (Wildman–Crippen LogP) is 1.96. The lowest BCUT2D eigenvalue weighted by molar-refractivity contribution is -0.187. The van der Waals surface area contributed by atoms with Gasteiger partial charge in [0.2, 0.25) is 5.88 Å². The van der Waals surface area contributed by atoms with Crippen molar-refractivity contribution in [2.75, 3.05) is 18.0 Å². The van der Waals surface area contributed by atoms with E-state index in [0.717, 1.165) is 0 Å². The van der Waals surface area contributed by atoms with Crippen molar-refractivity contribution in [3.05, 3.63) is 12.4 Å². The highest BCUT2D eigenvalue weighted by atomic mass is 19.4. The summed E-state index contributed by atoms with van der Waals surface area (Å²) >= 11 is 0. The molecule has 2 atom stereocenters. The molecule has 0 radical (unpaired) electrons. The van der Waals surface area contributed by atoms with Gasteiger partial charge >= 0.3 is 12.1 Å². The molecule has 1 fully saturated rings. The van der Waals surface area contributed by atoms with Gasteiger partial charge in [-0.05, 0) is 13.8 Å². The SMILES string of the molecule is CC(C)Oc1cc(N2C[C@@H](C(F)(F)F)[C@H](C(=O)O)C2)ncn1. The summed E-state index contributed by atoms with van der Waals surface area (Å²) in [5.74, 6) is -4.43. The smallest absolute Gasteiger partial charge is 0.394 e. The van der Waals surface area contributed by atoms with Crippen LogP contribution < -0.4 is 9.64 Å². The zero-order valence-corrected chi connectivity index (χ0v) is 12.0. The van der Waals surface area contributed by atoms with E-state index in [1.165, 1.54) is 17.3 Å². The van der Waals surface area contributed by atoms with Crippen LogP contribution in [0.15, 0.2) is 12.4 Å². The van der Waals surface area contributed by atoms with Gasteiger partial charge in [-0.2, -0.15) is 13.2 Å². The Morgan fingerprint density at radius 1 is 1.41 bits per heavy atom. The van der Waals surface area contributed by atoms with E-state index in [1.54, 1.807) is 13.8 Å². The molecule has 0 saturated carbocycles. The molecule has 0 bridgehead atoms. The second kappa shape index (κ2) is 5.98. The van der Waals surface area contributed by atoms with Gasteiger partial charge in [-0.3, -0.25) is 4.79 Å². The molecule has 0 spiro atoms. The van der Waals surface area contributed by atoms with Crippen molar-refractivity contribution in [1.82, 2.24) is 9.97 Å². The number of carbonyl (C=O) groups is 1. The summed E-state index contributed by atoms with van der Waals surface area (Å²) in [5.41, 5.74) is 0. The lowest BCUT2D eigenvalue weighted by Gasteiger charge is -2.19. The largest absolute Gasteiger partial charge is 0.481 e. The van der Waals surface area contributed by atoms with Crippen LogP contribution in [0.5, 0.6) is 5.88 Å². The highest BCUT2D eigenvalue weighted by Crippen LogP contribution is 2.39. The average Bonchev–Trinajstić information content (AvgIpc) is 2.83. The lowest BCUT2D eigenvalue weighted by atomic mass is 9.96. The monoisotopic (exact) mass is 319 g/mol. The molecule has 6 nitrogen and oxygen atoms in total. The van der Waals surface area contributed by atoms with Gasteiger partial charge in [-0.1, -0.05) is 0 Å². The summed E-state index contributed by atoms with van der Waals surface area (Å²) in [6, 6.07) is 1.41. The zero-order chi connectivity index (χ0) is 16.5. The van der Waals surface area contributed by atoms with Crippen LogP contribution in [0.4, 0.5) is 19.0 Å².